The molecule has 0 N–H and O–H groups in total. The number of aromatic nitrogens is 2. The minimum Gasteiger partial charge on any atom is -0.458 e. The molecule has 5 aromatic carbocycles. The maximum absolute atomic E-state index is 14.2. The van der Waals surface area contributed by atoms with Crippen LogP contribution in [0.5, 0.6) is 0 Å². The number of rotatable bonds is 9. The van der Waals surface area contributed by atoms with Gasteiger partial charge in [-0.2, -0.15) is 132 Å². The van der Waals surface area contributed by atoms with Crippen molar-refractivity contribution in [2.45, 2.75) is 62.9 Å². The summed E-state index contributed by atoms with van der Waals surface area (Å²) in [5.41, 5.74) is -29.3. The zero-order valence-electron chi connectivity index (χ0n) is 37.7. The molecule has 0 spiro atoms. The molecule has 0 fully saturated rings. The Morgan fingerprint density at radius 3 is 0.961 bits per heavy atom. The van der Waals surface area contributed by atoms with Crippen LogP contribution in [-0.2, 0) is 60.7 Å². The highest BCUT2D eigenvalue weighted by molar-refractivity contribution is 7.20. The van der Waals surface area contributed by atoms with Gasteiger partial charge in [-0.3, -0.25) is 9.78 Å². The highest BCUT2D eigenvalue weighted by atomic mass is 19.4. The van der Waals surface area contributed by atoms with Crippen molar-refractivity contribution in [1.82, 2.24) is 4.98 Å². The SMILES string of the molecule is CCOC(=O)c1cncc[n+]1CC(=O)c1ccccc1.FC(F)(F)c1cc([B-](c2cc(C(F)(F)F)cc(C(F)(F)F)c2)(c2cc(C(F)(F)F)cc(C(F)(F)F)c2)c2cc(C(F)(F)F)cc(C(F)(F)F)c2)cc(C(F)(F)F)c1. The summed E-state index contributed by atoms with van der Waals surface area (Å²) in [6, 6.07) is 0.130. The van der Waals surface area contributed by atoms with E-state index >= 15 is 0 Å². The topological polar surface area (TPSA) is 60.1 Å². The molecule has 77 heavy (non-hydrogen) atoms. The third kappa shape index (κ3) is 14.2. The predicted octanol–water partition coefficient (Wildman–Crippen LogP) is 12.6. The van der Waals surface area contributed by atoms with E-state index in [1.165, 1.54) is 12.4 Å². The Hall–Kier alpha value is -7.30. The molecular formula is C47H27BF24N2O3. The fourth-order valence-electron chi connectivity index (χ4n) is 7.84. The van der Waals surface area contributed by atoms with Crippen LogP contribution in [0.25, 0.3) is 0 Å². The third-order valence-corrected chi connectivity index (χ3v) is 11.2. The minimum absolute atomic E-state index is 0.0701. The van der Waals surface area contributed by atoms with E-state index in [1.807, 2.05) is 6.07 Å². The Balaban J connectivity index is 0.000000455. The maximum Gasteiger partial charge on any atom is 0.416 e. The van der Waals surface area contributed by atoms with Crippen LogP contribution < -0.4 is 26.4 Å². The Labute approximate surface area is 415 Å². The van der Waals surface area contributed by atoms with E-state index in [2.05, 4.69) is 4.98 Å². The second kappa shape index (κ2) is 21.3. The van der Waals surface area contributed by atoms with Crippen LogP contribution in [0.2, 0.25) is 0 Å². The number of benzene rings is 5. The summed E-state index contributed by atoms with van der Waals surface area (Å²) in [5.74, 6) is -0.561. The molecule has 0 atom stereocenters. The summed E-state index contributed by atoms with van der Waals surface area (Å²) in [6.45, 7) is 2.08. The molecule has 0 aliphatic carbocycles. The Morgan fingerprint density at radius 1 is 0.442 bits per heavy atom. The first kappa shape index (κ1) is 60.6. The fourth-order valence-corrected chi connectivity index (χ4v) is 7.84. The van der Waals surface area contributed by atoms with E-state index in [4.69, 9.17) is 4.74 Å². The van der Waals surface area contributed by atoms with Gasteiger partial charge in [-0.15, -0.1) is 0 Å². The molecule has 414 valence electrons. The van der Waals surface area contributed by atoms with Gasteiger partial charge in [-0.05, 0) is 31.2 Å². The zero-order valence-corrected chi connectivity index (χ0v) is 37.7. The number of alkyl halides is 24. The summed E-state index contributed by atoms with van der Waals surface area (Å²) in [6.07, 6.45) is -50.3. The lowest BCUT2D eigenvalue weighted by atomic mass is 9.12. The molecular weight excluding hydrogens is 1110 g/mol. The summed E-state index contributed by atoms with van der Waals surface area (Å²) in [4.78, 5) is 27.8. The first-order chi connectivity index (χ1) is 35.0. The molecule has 0 aliphatic rings. The highest BCUT2D eigenvalue weighted by Crippen LogP contribution is 2.41. The van der Waals surface area contributed by atoms with Crippen molar-refractivity contribution in [2.24, 2.45) is 0 Å². The Bertz CT molecular complexity index is 2680. The number of ether oxygens (including phenoxy) is 1. The number of nitrogens with zero attached hydrogens (tertiary/aromatic N) is 2. The summed E-state index contributed by atoms with van der Waals surface area (Å²) in [5, 5.41) is 0. The molecule has 0 amide bonds. The zero-order chi connectivity index (χ0) is 58.3. The number of esters is 1. The van der Waals surface area contributed by atoms with Gasteiger partial charge in [0.2, 0.25) is 12.3 Å². The number of carbonyl (C=O) groups is 2. The molecule has 6 rings (SSSR count). The molecule has 1 heterocycles. The van der Waals surface area contributed by atoms with Crippen molar-refractivity contribution >= 4 is 39.7 Å². The number of carbonyl (C=O) groups excluding carboxylic acids is 2. The molecule has 0 unspecified atom stereocenters. The first-order valence-electron chi connectivity index (χ1n) is 20.9. The van der Waals surface area contributed by atoms with Crippen LogP contribution >= 0.6 is 0 Å². The highest BCUT2D eigenvalue weighted by Gasteiger charge is 2.47. The Morgan fingerprint density at radius 2 is 0.714 bits per heavy atom. The minimum atomic E-state index is -6.13. The van der Waals surface area contributed by atoms with Gasteiger partial charge in [-0.1, -0.05) is 78.9 Å². The normalized spacial score (nSPS) is 13.2. The lowest BCUT2D eigenvalue weighted by Gasteiger charge is -2.46. The summed E-state index contributed by atoms with van der Waals surface area (Å²) < 4.78 is 347. The van der Waals surface area contributed by atoms with E-state index in [-0.39, 0.29) is 24.6 Å². The van der Waals surface area contributed by atoms with Crippen molar-refractivity contribution < 1.29 is 124 Å². The summed E-state index contributed by atoms with van der Waals surface area (Å²) >= 11 is 0. The molecule has 0 saturated heterocycles. The van der Waals surface area contributed by atoms with Crippen molar-refractivity contribution in [1.29, 1.82) is 0 Å². The van der Waals surface area contributed by atoms with Crippen molar-refractivity contribution in [3.8, 4) is 0 Å². The largest absolute Gasteiger partial charge is 0.458 e. The van der Waals surface area contributed by atoms with Gasteiger partial charge in [0.05, 0.1) is 57.3 Å². The smallest absolute Gasteiger partial charge is 0.416 e. The van der Waals surface area contributed by atoms with Crippen LogP contribution in [0.15, 0.2) is 122 Å². The van der Waals surface area contributed by atoms with Crippen LogP contribution in [0.3, 0.4) is 0 Å². The average molecular weight is 1130 g/mol. The lowest BCUT2D eigenvalue weighted by molar-refractivity contribution is -0.686. The standard InChI is InChI=1S/C32H12BF24.C15H15N2O3/c34-25(35,36)13-1-14(26(37,38)39)6-21(5-13)33(22-7-15(27(40,41)42)2-16(8-22)28(43,44)45,23-9-17(29(46,47)48)3-18(10-23)30(49,50)51)24-11-19(31(52,53)54)4-20(12-24)32(55,56)57;1-2-20-15(19)13-10-16-8-9-17(13)11-14(18)12-6-4-3-5-7-12/h1-12H;3-10H,2,11H2,1H3/q-1;+1. The van der Waals surface area contributed by atoms with Crippen LogP contribution in [0.4, 0.5) is 105 Å². The second-order valence-electron chi connectivity index (χ2n) is 16.3. The van der Waals surface area contributed by atoms with E-state index in [9.17, 15) is 115 Å². The molecule has 0 bridgehead atoms. The molecule has 0 saturated carbocycles. The van der Waals surface area contributed by atoms with E-state index in [0.717, 1.165) is 0 Å². The monoisotopic (exact) mass is 1130 g/mol. The van der Waals surface area contributed by atoms with E-state index in [0.29, 0.717) is 5.56 Å². The predicted molar refractivity (Wildman–Crippen MR) is 221 cm³/mol. The molecule has 5 nitrogen and oxygen atoms in total. The lowest BCUT2D eigenvalue weighted by Crippen LogP contribution is -2.75. The molecule has 0 aliphatic heterocycles. The van der Waals surface area contributed by atoms with Gasteiger partial charge >= 0.3 is 61.1 Å². The second-order valence-corrected chi connectivity index (χ2v) is 16.3. The van der Waals surface area contributed by atoms with Crippen LogP contribution in [0.1, 0.15) is 72.3 Å². The van der Waals surface area contributed by atoms with Gasteiger partial charge in [0.1, 0.15) is 12.3 Å². The number of hydrogen-bond acceptors (Lipinski definition) is 4. The molecule has 1 aromatic heterocycles. The molecule has 6 aromatic rings. The number of hydrogen-bond donors (Lipinski definition) is 0. The number of Topliss-reactive ketones (excluding diaryl/α,β-unsaturated/α-hetero) is 1. The molecule has 30 heteroatoms. The average Bonchev–Trinajstić information content (AvgIpc) is 3.30. The quantitative estimate of drug-likeness (QED) is 0.0476. The van der Waals surface area contributed by atoms with Gasteiger partial charge < -0.3 is 4.74 Å². The van der Waals surface area contributed by atoms with E-state index < -0.39 is 201 Å². The van der Waals surface area contributed by atoms with Crippen LogP contribution in [0, 0.1) is 0 Å². The van der Waals surface area contributed by atoms with Crippen LogP contribution in [-0.4, -0.2) is 29.5 Å². The number of halogens is 24. The summed E-state index contributed by atoms with van der Waals surface area (Å²) in [7, 11) is 0. The number of ketones is 1. The fraction of sp³-hybridized carbons (Fsp3) is 0.234. The van der Waals surface area contributed by atoms with Gasteiger partial charge in [-0.25, -0.2) is 4.79 Å². The molecule has 0 radical (unpaired) electrons. The maximum atomic E-state index is 14.2. The van der Waals surface area contributed by atoms with Crippen molar-refractivity contribution in [3.63, 3.8) is 0 Å². The van der Waals surface area contributed by atoms with Crippen molar-refractivity contribution in [3.05, 3.63) is 177 Å². The van der Waals surface area contributed by atoms with Gasteiger partial charge in [0, 0.05) is 5.56 Å². The van der Waals surface area contributed by atoms with Gasteiger partial charge in [0.25, 0.3) is 0 Å². The Kier molecular flexibility index (Phi) is 16.7. The van der Waals surface area contributed by atoms with E-state index in [1.54, 1.807) is 42.0 Å². The first-order valence-corrected chi connectivity index (χ1v) is 20.9. The van der Waals surface area contributed by atoms with Gasteiger partial charge in [0.15, 0.2) is 6.20 Å². The third-order valence-electron chi connectivity index (χ3n) is 11.2. The van der Waals surface area contributed by atoms with Crippen molar-refractivity contribution in [2.75, 3.05) is 6.61 Å².